The average molecular weight is 410 g/mol. The van der Waals surface area contributed by atoms with Crippen LogP contribution in [0.5, 0.6) is 0 Å². The van der Waals surface area contributed by atoms with E-state index < -0.39 is 5.41 Å². The fraction of sp³-hybridized carbons (Fsp3) is 0.565. The molecule has 2 aliphatic rings. The van der Waals surface area contributed by atoms with Crippen LogP contribution in [0.2, 0.25) is 0 Å². The molecule has 0 aromatic carbocycles. The molecule has 7 heteroatoms. The van der Waals surface area contributed by atoms with Crippen LogP contribution in [0, 0.1) is 5.41 Å². The van der Waals surface area contributed by atoms with E-state index >= 15 is 0 Å². The van der Waals surface area contributed by atoms with Crippen molar-refractivity contribution in [2.24, 2.45) is 5.41 Å². The van der Waals surface area contributed by atoms with Crippen LogP contribution in [0.25, 0.3) is 0 Å². The van der Waals surface area contributed by atoms with Crippen LogP contribution in [0.4, 0.5) is 0 Å². The average Bonchev–Trinajstić information content (AvgIpc) is 3.37. The number of hydrogen-bond acceptors (Lipinski definition) is 4. The molecule has 0 aliphatic carbocycles. The predicted octanol–water partition coefficient (Wildman–Crippen LogP) is 3.00. The molecule has 160 valence electrons. The number of piperidine rings is 1. The third kappa shape index (κ3) is 3.50. The molecule has 30 heavy (non-hydrogen) atoms. The number of likely N-dealkylation sites (tertiary alicyclic amines) is 2. The van der Waals surface area contributed by atoms with Crippen molar-refractivity contribution in [3.63, 3.8) is 0 Å². The molecular weight excluding hydrogens is 378 g/mol. The molecule has 0 unspecified atom stereocenters. The zero-order valence-electron chi connectivity index (χ0n) is 18.1. The summed E-state index contributed by atoms with van der Waals surface area (Å²) in [4.78, 5) is 34.6. The first-order chi connectivity index (χ1) is 14.5. The van der Waals surface area contributed by atoms with E-state index in [0.29, 0.717) is 26.1 Å². The lowest BCUT2D eigenvalue weighted by Gasteiger charge is -2.42. The minimum atomic E-state index is -0.585. The molecule has 0 N–H and O–H groups in total. The summed E-state index contributed by atoms with van der Waals surface area (Å²) < 4.78 is 2.01. The van der Waals surface area contributed by atoms with Gasteiger partial charge in [-0.1, -0.05) is 13.0 Å². The Kier molecular flexibility index (Phi) is 5.62. The van der Waals surface area contributed by atoms with E-state index in [0.717, 1.165) is 30.6 Å². The number of aromatic nitrogens is 3. The summed E-state index contributed by atoms with van der Waals surface area (Å²) in [6.45, 7) is 8.47. The van der Waals surface area contributed by atoms with Crippen LogP contribution in [0.3, 0.4) is 0 Å². The van der Waals surface area contributed by atoms with E-state index in [1.54, 1.807) is 6.20 Å². The molecule has 2 atom stereocenters. The maximum Gasteiger partial charge on any atom is 0.231 e. The molecule has 1 spiro atoms. The van der Waals surface area contributed by atoms with Gasteiger partial charge in [-0.05, 0) is 44.4 Å². The van der Waals surface area contributed by atoms with Gasteiger partial charge in [0.25, 0.3) is 0 Å². The second kappa shape index (κ2) is 8.20. The summed E-state index contributed by atoms with van der Waals surface area (Å²) in [5.41, 5.74) is 1.51. The van der Waals surface area contributed by atoms with Crippen molar-refractivity contribution in [3.8, 4) is 0 Å². The highest BCUT2D eigenvalue weighted by Gasteiger charge is 2.56. The maximum absolute atomic E-state index is 13.9. The third-order valence-electron chi connectivity index (χ3n) is 6.61. The fourth-order valence-corrected chi connectivity index (χ4v) is 5.17. The summed E-state index contributed by atoms with van der Waals surface area (Å²) in [6.07, 6.45) is 7.58. The standard InChI is InChI=1S/C23H31N5O2/c1-4-21(29)27-15-19(20-8-11-25-28(20)17(2)3)23(16-27)9-6-12-26(22(23)30)14-18-7-5-10-24-13-18/h5,7-8,10-11,13,17,19H,4,6,9,12,14-16H2,1-3H3/t19-,23+/m0/s1. The van der Waals surface area contributed by atoms with Gasteiger partial charge in [0.05, 0.1) is 5.41 Å². The molecule has 7 nitrogen and oxygen atoms in total. The molecule has 2 aromatic heterocycles. The van der Waals surface area contributed by atoms with E-state index in [2.05, 4.69) is 23.9 Å². The van der Waals surface area contributed by atoms with Crippen LogP contribution < -0.4 is 0 Å². The van der Waals surface area contributed by atoms with E-state index in [1.165, 1.54) is 0 Å². The third-order valence-corrected chi connectivity index (χ3v) is 6.61. The van der Waals surface area contributed by atoms with E-state index in [1.807, 2.05) is 52.0 Å². The first kappa shape index (κ1) is 20.6. The van der Waals surface area contributed by atoms with Crippen molar-refractivity contribution < 1.29 is 9.59 Å². The van der Waals surface area contributed by atoms with Crippen molar-refractivity contribution in [3.05, 3.63) is 48.0 Å². The lowest BCUT2D eigenvalue weighted by molar-refractivity contribution is -0.147. The first-order valence-electron chi connectivity index (χ1n) is 11.0. The fourth-order valence-electron chi connectivity index (χ4n) is 5.17. The summed E-state index contributed by atoms with van der Waals surface area (Å²) in [7, 11) is 0. The molecule has 2 saturated heterocycles. The molecule has 4 rings (SSSR count). The largest absolute Gasteiger partial charge is 0.341 e. The second-order valence-corrected chi connectivity index (χ2v) is 8.82. The van der Waals surface area contributed by atoms with Gasteiger partial charge in [0, 0.05) is 68.8 Å². The van der Waals surface area contributed by atoms with Gasteiger partial charge in [-0.3, -0.25) is 19.3 Å². The Morgan fingerprint density at radius 1 is 1.30 bits per heavy atom. The van der Waals surface area contributed by atoms with E-state index in [4.69, 9.17) is 0 Å². The van der Waals surface area contributed by atoms with Crippen LogP contribution in [0.15, 0.2) is 36.8 Å². The number of pyridine rings is 1. The number of hydrogen-bond donors (Lipinski definition) is 0. The van der Waals surface area contributed by atoms with E-state index in [-0.39, 0.29) is 23.8 Å². The van der Waals surface area contributed by atoms with Crippen molar-refractivity contribution in [2.45, 2.75) is 58.5 Å². The summed E-state index contributed by atoms with van der Waals surface area (Å²) >= 11 is 0. The first-order valence-corrected chi connectivity index (χ1v) is 11.0. The van der Waals surface area contributed by atoms with Crippen LogP contribution in [0.1, 0.15) is 63.3 Å². The number of rotatable bonds is 5. The maximum atomic E-state index is 13.9. The number of nitrogens with zero attached hydrogens (tertiary/aromatic N) is 5. The smallest absolute Gasteiger partial charge is 0.231 e. The molecule has 2 amide bonds. The molecule has 0 radical (unpaired) electrons. The quantitative estimate of drug-likeness (QED) is 0.761. The summed E-state index contributed by atoms with van der Waals surface area (Å²) in [5, 5.41) is 4.52. The Hall–Kier alpha value is -2.70. The Balaban J connectivity index is 1.70. The SMILES string of the molecule is CCC(=O)N1C[C@@H](c2ccnn2C(C)C)[C@@]2(CCCN(Cc3cccnc3)C2=O)C1. The molecule has 0 bridgehead atoms. The zero-order chi connectivity index (χ0) is 21.3. The minimum Gasteiger partial charge on any atom is -0.341 e. The highest BCUT2D eigenvalue weighted by molar-refractivity contribution is 5.87. The Bertz CT molecular complexity index is 909. The topological polar surface area (TPSA) is 71.3 Å². The monoisotopic (exact) mass is 409 g/mol. The molecular formula is C23H31N5O2. The summed E-state index contributed by atoms with van der Waals surface area (Å²) in [6, 6.07) is 6.14. The van der Waals surface area contributed by atoms with Gasteiger partial charge in [-0.2, -0.15) is 5.10 Å². The minimum absolute atomic E-state index is 0.0397. The zero-order valence-corrected chi connectivity index (χ0v) is 18.1. The van der Waals surface area contributed by atoms with Gasteiger partial charge in [0.15, 0.2) is 0 Å². The van der Waals surface area contributed by atoms with Crippen LogP contribution in [-0.4, -0.2) is 56.0 Å². The van der Waals surface area contributed by atoms with Gasteiger partial charge in [-0.15, -0.1) is 0 Å². The number of carbonyl (C=O) groups is 2. The number of amides is 2. The molecule has 2 aromatic rings. The van der Waals surface area contributed by atoms with Gasteiger partial charge in [-0.25, -0.2) is 0 Å². The van der Waals surface area contributed by atoms with Crippen molar-refractivity contribution in [2.75, 3.05) is 19.6 Å². The van der Waals surface area contributed by atoms with Crippen molar-refractivity contribution in [1.29, 1.82) is 0 Å². The highest BCUT2D eigenvalue weighted by Crippen LogP contribution is 2.50. The van der Waals surface area contributed by atoms with Gasteiger partial charge in [0.2, 0.25) is 11.8 Å². The normalized spacial score (nSPS) is 24.3. The van der Waals surface area contributed by atoms with Crippen LogP contribution in [-0.2, 0) is 16.1 Å². The van der Waals surface area contributed by atoms with Gasteiger partial charge < -0.3 is 9.80 Å². The lowest BCUT2D eigenvalue weighted by atomic mass is 9.70. The van der Waals surface area contributed by atoms with Crippen LogP contribution >= 0.6 is 0 Å². The van der Waals surface area contributed by atoms with E-state index in [9.17, 15) is 9.59 Å². The predicted molar refractivity (Wildman–Crippen MR) is 114 cm³/mol. The Morgan fingerprint density at radius 3 is 2.83 bits per heavy atom. The molecule has 2 aliphatic heterocycles. The number of carbonyl (C=O) groups excluding carboxylic acids is 2. The van der Waals surface area contributed by atoms with Gasteiger partial charge >= 0.3 is 0 Å². The lowest BCUT2D eigenvalue weighted by Crippen LogP contribution is -2.52. The summed E-state index contributed by atoms with van der Waals surface area (Å²) in [5.74, 6) is 0.234. The van der Waals surface area contributed by atoms with Crippen molar-refractivity contribution in [1.82, 2.24) is 24.6 Å². The molecule has 0 saturated carbocycles. The Labute approximate surface area is 178 Å². The highest BCUT2D eigenvalue weighted by atomic mass is 16.2. The van der Waals surface area contributed by atoms with Crippen molar-refractivity contribution >= 4 is 11.8 Å². The molecule has 4 heterocycles. The molecule has 2 fully saturated rings. The Morgan fingerprint density at radius 2 is 2.13 bits per heavy atom. The second-order valence-electron chi connectivity index (χ2n) is 8.82. The van der Waals surface area contributed by atoms with Gasteiger partial charge in [0.1, 0.15) is 0 Å².